The first-order valence-corrected chi connectivity index (χ1v) is 6.63. The minimum atomic E-state index is -0.425. The number of benzene rings is 1. The van der Waals surface area contributed by atoms with Gasteiger partial charge in [0.2, 0.25) is 0 Å². The molecule has 0 radical (unpaired) electrons. The van der Waals surface area contributed by atoms with Crippen molar-refractivity contribution >= 4 is 11.6 Å². The lowest BCUT2D eigenvalue weighted by atomic mass is 10.0. The number of aliphatic hydroxyl groups excluding tert-OH is 1. The first-order chi connectivity index (χ1) is 8.13. The quantitative estimate of drug-likeness (QED) is 0.721. The van der Waals surface area contributed by atoms with Gasteiger partial charge in [0, 0.05) is 5.02 Å². The Labute approximate surface area is 108 Å². The second kappa shape index (κ2) is 7.67. The fourth-order valence-electron chi connectivity index (χ4n) is 1.86. The molecular weight excluding hydrogens is 239 g/mol. The zero-order valence-corrected chi connectivity index (χ0v) is 11.0. The fourth-order valence-corrected chi connectivity index (χ4v) is 2.06. The van der Waals surface area contributed by atoms with Gasteiger partial charge in [-0.1, -0.05) is 44.2 Å². The van der Waals surface area contributed by atoms with Crippen LogP contribution in [0.4, 0.5) is 4.39 Å². The van der Waals surface area contributed by atoms with Gasteiger partial charge >= 0.3 is 0 Å². The van der Waals surface area contributed by atoms with Crippen molar-refractivity contribution < 1.29 is 9.50 Å². The molecule has 1 aromatic rings. The molecule has 0 aliphatic heterocycles. The third-order valence-electron chi connectivity index (χ3n) is 2.85. The minimum absolute atomic E-state index is 0.303. The summed E-state index contributed by atoms with van der Waals surface area (Å²) in [5, 5.41) is 10.4. The number of aliphatic hydroxyl groups is 1. The van der Waals surface area contributed by atoms with Gasteiger partial charge in [0.15, 0.2) is 0 Å². The molecule has 0 heterocycles. The van der Waals surface area contributed by atoms with Crippen LogP contribution in [0, 0.1) is 5.82 Å². The van der Waals surface area contributed by atoms with Crippen LogP contribution in [0.3, 0.4) is 0 Å². The van der Waals surface area contributed by atoms with Crippen molar-refractivity contribution in [3.8, 4) is 0 Å². The van der Waals surface area contributed by atoms with Gasteiger partial charge in [0.25, 0.3) is 0 Å². The Morgan fingerprint density at radius 3 is 2.76 bits per heavy atom. The molecule has 1 aromatic carbocycles. The van der Waals surface area contributed by atoms with E-state index < -0.39 is 6.10 Å². The molecule has 1 unspecified atom stereocenters. The Morgan fingerprint density at radius 1 is 1.29 bits per heavy atom. The van der Waals surface area contributed by atoms with E-state index in [-0.39, 0.29) is 5.82 Å². The van der Waals surface area contributed by atoms with Gasteiger partial charge in [-0.3, -0.25) is 0 Å². The van der Waals surface area contributed by atoms with Gasteiger partial charge in [-0.05, 0) is 36.6 Å². The smallest absolute Gasteiger partial charge is 0.123 e. The number of unbranched alkanes of at least 4 members (excludes halogenated alkanes) is 3. The zero-order valence-electron chi connectivity index (χ0n) is 10.3. The van der Waals surface area contributed by atoms with Crippen LogP contribution in [0.25, 0.3) is 0 Å². The van der Waals surface area contributed by atoms with Crippen LogP contribution in [-0.2, 0) is 6.42 Å². The van der Waals surface area contributed by atoms with E-state index in [0.29, 0.717) is 17.0 Å². The van der Waals surface area contributed by atoms with Gasteiger partial charge in [0.05, 0.1) is 6.10 Å². The molecule has 1 N–H and O–H groups in total. The Morgan fingerprint density at radius 2 is 2.06 bits per heavy atom. The van der Waals surface area contributed by atoms with E-state index in [9.17, 15) is 9.50 Å². The van der Waals surface area contributed by atoms with Gasteiger partial charge in [-0.25, -0.2) is 4.39 Å². The van der Waals surface area contributed by atoms with E-state index in [0.717, 1.165) is 19.3 Å². The van der Waals surface area contributed by atoms with E-state index >= 15 is 0 Å². The predicted molar refractivity (Wildman–Crippen MR) is 69.9 cm³/mol. The highest BCUT2D eigenvalue weighted by atomic mass is 35.5. The first kappa shape index (κ1) is 14.5. The second-order valence-corrected chi connectivity index (χ2v) is 4.85. The summed E-state index contributed by atoms with van der Waals surface area (Å²) >= 11 is 5.95. The third-order valence-corrected chi connectivity index (χ3v) is 3.22. The maximum Gasteiger partial charge on any atom is 0.123 e. The van der Waals surface area contributed by atoms with Crippen LogP contribution in [0.2, 0.25) is 5.02 Å². The second-order valence-electron chi connectivity index (χ2n) is 4.44. The lowest BCUT2D eigenvalue weighted by Crippen LogP contribution is -2.10. The highest BCUT2D eigenvalue weighted by molar-refractivity contribution is 6.31. The molecule has 0 aliphatic carbocycles. The Hall–Kier alpha value is -0.600. The number of hydrogen-bond acceptors (Lipinski definition) is 1. The monoisotopic (exact) mass is 258 g/mol. The van der Waals surface area contributed by atoms with Crippen LogP contribution in [0.5, 0.6) is 0 Å². The van der Waals surface area contributed by atoms with E-state index in [1.165, 1.54) is 31.0 Å². The molecule has 0 bridgehead atoms. The van der Waals surface area contributed by atoms with Gasteiger partial charge < -0.3 is 5.11 Å². The molecule has 0 aromatic heterocycles. The number of halogens is 2. The largest absolute Gasteiger partial charge is 0.393 e. The Kier molecular flexibility index (Phi) is 6.53. The Bertz CT molecular complexity index is 341. The lowest BCUT2D eigenvalue weighted by Gasteiger charge is -2.11. The number of rotatable bonds is 7. The summed E-state index contributed by atoms with van der Waals surface area (Å²) < 4.78 is 13.0. The molecule has 3 heteroatoms. The predicted octanol–water partition coefficient (Wildman–Crippen LogP) is 4.35. The highest BCUT2D eigenvalue weighted by Crippen LogP contribution is 2.20. The van der Waals surface area contributed by atoms with E-state index in [1.807, 2.05) is 0 Å². The molecule has 17 heavy (non-hydrogen) atoms. The van der Waals surface area contributed by atoms with Crippen molar-refractivity contribution in [3.05, 3.63) is 34.6 Å². The van der Waals surface area contributed by atoms with Crippen molar-refractivity contribution in [2.24, 2.45) is 0 Å². The fraction of sp³-hybridized carbons (Fsp3) is 0.571. The van der Waals surface area contributed by atoms with Crippen LogP contribution in [-0.4, -0.2) is 11.2 Å². The molecule has 0 fully saturated rings. The molecule has 0 spiro atoms. The first-order valence-electron chi connectivity index (χ1n) is 6.25. The molecule has 1 rings (SSSR count). The van der Waals surface area contributed by atoms with Gasteiger partial charge in [-0.2, -0.15) is 0 Å². The van der Waals surface area contributed by atoms with E-state index in [4.69, 9.17) is 11.6 Å². The maximum atomic E-state index is 13.0. The number of hydrogen-bond donors (Lipinski definition) is 1. The zero-order chi connectivity index (χ0) is 12.7. The molecular formula is C14H20ClFO. The Balaban J connectivity index is 2.39. The summed E-state index contributed by atoms with van der Waals surface area (Å²) in [6.07, 6.45) is 5.31. The minimum Gasteiger partial charge on any atom is -0.393 e. The lowest BCUT2D eigenvalue weighted by molar-refractivity contribution is 0.161. The van der Waals surface area contributed by atoms with Crippen molar-refractivity contribution in [1.29, 1.82) is 0 Å². The standard InChI is InChI=1S/C14H20ClFO/c1-2-3-4-5-6-13(17)10-11-9-12(16)7-8-14(11)15/h7-9,13,17H,2-6,10H2,1H3. The molecule has 96 valence electrons. The van der Waals surface area contributed by atoms with Crippen molar-refractivity contribution in [2.75, 3.05) is 0 Å². The van der Waals surface area contributed by atoms with Gasteiger partial charge in [-0.15, -0.1) is 0 Å². The van der Waals surface area contributed by atoms with E-state index in [2.05, 4.69) is 6.92 Å². The summed E-state index contributed by atoms with van der Waals surface area (Å²) in [6, 6.07) is 4.27. The topological polar surface area (TPSA) is 20.2 Å². The van der Waals surface area contributed by atoms with Crippen molar-refractivity contribution in [2.45, 2.75) is 51.6 Å². The average Bonchev–Trinajstić information content (AvgIpc) is 2.29. The molecule has 0 saturated carbocycles. The van der Waals surface area contributed by atoms with Crippen LogP contribution >= 0.6 is 11.6 Å². The summed E-state index contributed by atoms with van der Waals surface area (Å²) in [4.78, 5) is 0. The molecule has 0 amide bonds. The molecule has 1 atom stereocenters. The van der Waals surface area contributed by atoms with Crippen molar-refractivity contribution in [1.82, 2.24) is 0 Å². The van der Waals surface area contributed by atoms with Gasteiger partial charge in [0.1, 0.15) is 5.82 Å². The summed E-state index contributed by atoms with van der Waals surface area (Å²) in [7, 11) is 0. The van der Waals surface area contributed by atoms with Crippen LogP contribution in [0.1, 0.15) is 44.6 Å². The summed E-state index contributed by atoms with van der Waals surface area (Å²) in [5.74, 6) is -0.303. The SMILES string of the molecule is CCCCCCC(O)Cc1cc(F)ccc1Cl. The highest BCUT2D eigenvalue weighted by Gasteiger charge is 2.09. The molecule has 0 saturated heterocycles. The summed E-state index contributed by atoms with van der Waals surface area (Å²) in [6.45, 7) is 2.16. The van der Waals surface area contributed by atoms with Crippen LogP contribution in [0.15, 0.2) is 18.2 Å². The summed E-state index contributed by atoms with van der Waals surface area (Å²) in [5.41, 5.74) is 0.689. The normalized spacial score (nSPS) is 12.7. The van der Waals surface area contributed by atoms with Crippen LogP contribution < -0.4 is 0 Å². The molecule has 1 nitrogen and oxygen atoms in total. The van der Waals surface area contributed by atoms with E-state index in [1.54, 1.807) is 0 Å². The third kappa shape index (κ3) is 5.51. The molecule has 0 aliphatic rings. The maximum absolute atomic E-state index is 13.0. The average molecular weight is 259 g/mol. The van der Waals surface area contributed by atoms with Crippen molar-refractivity contribution in [3.63, 3.8) is 0 Å².